The predicted octanol–water partition coefficient (Wildman–Crippen LogP) is 4.13. The molecule has 0 saturated carbocycles. The summed E-state index contributed by atoms with van der Waals surface area (Å²) in [5.74, 6) is 0.888. The van der Waals surface area contributed by atoms with Gasteiger partial charge in [0.1, 0.15) is 0 Å². The number of ether oxygens (including phenoxy) is 1. The molecule has 17 heavy (non-hydrogen) atoms. The van der Waals surface area contributed by atoms with Gasteiger partial charge in [0.25, 0.3) is 0 Å². The van der Waals surface area contributed by atoms with Crippen LogP contribution >= 0.6 is 0 Å². The summed E-state index contributed by atoms with van der Waals surface area (Å²) in [5, 5.41) is 0. The molecule has 0 aromatic heterocycles. The summed E-state index contributed by atoms with van der Waals surface area (Å²) < 4.78 is 5.61. The lowest BCUT2D eigenvalue weighted by Gasteiger charge is -2.16. The summed E-state index contributed by atoms with van der Waals surface area (Å²) in [5.41, 5.74) is 5.44. The highest BCUT2D eigenvalue weighted by atomic mass is 16.5. The largest absolute Gasteiger partial charge is 0.381 e. The van der Waals surface area contributed by atoms with Crippen molar-refractivity contribution in [2.45, 2.75) is 71.6 Å². The molecule has 0 heterocycles. The summed E-state index contributed by atoms with van der Waals surface area (Å²) in [7, 11) is 0. The Labute approximate surface area is 108 Å². The molecule has 0 aromatic carbocycles. The number of unbranched alkanes of at least 4 members (excludes halogenated alkanes) is 3. The second-order valence-electron chi connectivity index (χ2n) is 5.05. The van der Waals surface area contributed by atoms with Crippen molar-refractivity contribution in [2.75, 3.05) is 19.8 Å². The van der Waals surface area contributed by atoms with Gasteiger partial charge in [0, 0.05) is 13.2 Å². The van der Waals surface area contributed by atoms with Gasteiger partial charge in [-0.3, -0.25) is 0 Å². The average Bonchev–Trinajstić information content (AvgIpc) is 2.35. The third-order valence-electron chi connectivity index (χ3n) is 3.35. The second-order valence-corrected chi connectivity index (χ2v) is 5.05. The van der Waals surface area contributed by atoms with Gasteiger partial charge >= 0.3 is 0 Å². The molecule has 104 valence electrons. The van der Waals surface area contributed by atoms with Gasteiger partial charge in [0.05, 0.1) is 0 Å². The molecule has 1 atom stereocenters. The lowest BCUT2D eigenvalue weighted by Crippen LogP contribution is -2.09. The van der Waals surface area contributed by atoms with Crippen LogP contribution in [-0.2, 0) is 4.74 Å². The fraction of sp³-hybridized carbons (Fsp3) is 1.00. The van der Waals surface area contributed by atoms with Crippen LogP contribution in [0.2, 0.25) is 0 Å². The van der Waals surface area contributed by atoms with Crippen LogP contribution < -0.4 is 5.73 Å². The molecule has 0 amide bonds. The van der Waals surface area contributed by atoms with Gasteiger partial charge < -0.3 is 10.5 Å². The van der Waals surface area contributed by atoms with Crippen LogP contribution in [-0.4, -0.2) is 19.8 Å². The molecule has 2 heteroatoms. The molecule has 2 N–H and O–H groups in total. The fourth-order valence-electron chi connectivity index (χ4n) is 2.15. The minimum atomic E-state index is 0.746. The first-order chi connectivity index (χ1) is 8.35. The van der Waals surface area contributed by atoms with E-state index in [4.69, 9.17) is 10.5 Å². The summed E-state index contributed by atoms with van der Waals surface area (Å²) >= 11 is 0. The van der Waals surface area contributed by atoms with Gasteiger partial charge in [-0.05, 0) is 25.3 Å². The van der Waals surface area contributed by atoms with E-state index in [1.807, 2.05) is 0 Å². The van der Waals surface area contributed by atoms with E-state index < -0.39 is 0 Å². The van der Waals surface area contributed by atoms with Crippen molar-refractivity contribution >= 4 is 0 Å². The molecule has 2 nitrogen and oxygen atoms in total. The predicted molar refractivity (Wildman–Crippen MR) is 76.3 cm³/mol. The van der Waals surface area contributed by atoms with Crippen LogP contribution in [0, 0.1) is 5.92 Å². The van der Waals surface area contributed by atoms with Crippen molar-refractivity contribution in [1.29, 1.82) is 0 Å². The number of hydrogen-bond acceptors (Lipinski definition) is 2. The van der Waals surface area contributed by atoms with E-state index >= 15 is 0 Å². The monoisotopic (exact) mass is 243 g/mol. The van der Waals surface area contributed by atoms with Gasteiger partial charge in [0.2, 0.25) is 0 Å². The third-order valence-corrected chi connectivity index (χ3v) is 3.35. The minimum absolute atomic E-state index is 0.746. The van der Waals surface area contributed by atoms with E-state index in [1.54, 1.807) is 0 Å². The zero-order valence-electron chi connectivity index (χ0n) is 12.0. The highest BCUT2D eigenvalue weighted by molar-refractivity contribution is 4.60. The lowest BCUT2D eigenvalue weighted by atomic mass is 9.93. The maximum absolute atomic E-state index is 5.61. The molecule has 0 aliphatic carbocycles. The van der Waals surface area contributed by atoms with Gasteiger partial charge in [0.15, 0.2) is 0 Å². The molecular weight excluding hydrogens is 210 g/mol. The van der Waals surface area contributed by atoms with Crippen LogP contribution in [0.5, 0.6) is 0 Å². The Morgan fingerprint density at radius 3 is 2.18 bits per heavy atom. The molecule has 0 spiro atoms. The Bertz CT molecular complexity index is 139. The van der Waals surface area contributed by atoms with Crippen LogP contribution in [0.4, 0.5) is 0 Å². The van der Waals surface area contributed by atoms with E-state index in [-0.39, 0.29) is 0 Å². The summed E-state index contributed by atoms with van der Waals surface area (Å²) in [6.07, 6.45) is 11.8. The standard InChI is InChI=1S/C15H33NO/c1-3-5-7-10-15(9-6-4-2)11-14-17-13-8-12-16/h15H,3-14,16H2,1-2H3. The van der Waals surface area contributed by atoms with E-state index in [0.29, 0.717) is 0 Å². The molecule has 0 aliphatic rings. The third kappa shape index (κ3) is 12.2. The first-order valence-corrected chi connectivity index (χ1v) is 7.62. The average molecular weight is 243 g/mol. The molecule has 0 bridgehead atoms. The van der Waals surface area contributed by atoms with E-state index in [2.05, 4.69) is 13.8 Å². The number of hydrogen-bond donors (Lipinski definition) is 1. The molecule has 0 fully saturated rings. The minimum Gasteiger partial charge on any atom is -0.381 e. The van der Waals surface area contributed by atoms with Crippen molar-refractivity contribution < 1.29 is 4.74 Å². The van der Waals surface area contributed by atoms with Gasteiger partial charge in [-0.2, -0.15) is 0 Å². The first-order valence-electron chi connectivity index (χ1n) is 7.62. The molecule has 1 unspecified atom stereocenters. The van der Waals surface area contributed by atoms with Crippen LogP contribution in [0.3, 0.4) is 0 Å². The lowest BCUT2D eigenvalue weighted by molar-refractivity contribution is 0.115. The quantitative estimate of drug-likeness (QED) is 0.494. The van der Waals surface area contributed by atoms with E-state index in [9.17, 15) is 0 Å². The number of rotatable bonds is 13. The highest BCUT2D eigenvalue weighted by Crippen LogP contribution is 2.20. The van der Waals surface area contributed by atoms with Crippen molar-refractivity contribution in [3.8, 4) is 0 Å². The maximum atomic E-state index is 5.61. The smallest absolute Gasteiger partial charge is 0.0478 e. The van der Waals surface area contributed by atoms with Crippen LogP contribution in [0.25, 0.3) is 0 Å². The summed E-state index contributed by atoms with van der Waals surface area (Å²) in [4.78, 5) is 0. The van der Waals surface area contributed by atoms with Crippen molar-refractivity contribution in [3.05, 3.63) is 0 Å². The van der Waals surface area contributed by atoms with Crippen molar-refractivity contribution in [1.82, 2.24) is 0 Å². The molecule has 0 saturated heterocycles. The Morgan fingerprint density at radius 2 is 1.53 bits per heavy atom. The molecule has 0 radical (unpaired) electrons. The van der Waals surface area contributed by atoms with Gasteiger partial charge in [-0.25, -0.2) is 0 Å². The fourth-order valence-corrected chi connectivity index (χ4v) is 2.15. The number of nitrogens with two attached hydrogens (primary N) is 1. The van der Waals surface area contributed by atoms with Crippen LogP contribution in [0.1, 0.15) is 71.6 Å². The second kappa shape index (κ2) is 14.0. The van der Waals surface area contributed by atoms with E-state index in [1.165, 1.54) is 51.4 Å². The Kier molecular flexibility index (Phi) is 13.9. The Morgan fingerprint density at radius 1 is 0.824 bits per heavy atom. The van der Waals surface area contributed by atoms with Gasteiger partial charge in [-0.1, -0.05) is 58.8 Å². The Hall–Kier alpha value is -0.0800. The van der Waals surface area contributed by atoms with Crippen LogP contribution in [0.15, 0.2) is 0 Å². The SMILES string of the molecule is CCCCCC(CCCC)CCOCCCN. The normalized spacial score (nSPS) is 12.9. The molecule has 0 rings (SSSR count). The molecule has 0 aromatic rings. The Balaban J connectivity index is 3.53. The zero-order chi connectivity index (χ0) is 12.8. The summed E-state index contributed by atoms with van der Waals surface area (Å²) in [6.45, 7) is 7.07. The summed E-state index contributed by atoms with van der Waals surface area (Å²) in [6, 6.07) is 0. The van der Waals surface area contributed by atoms with Crippen molar-refractivity contribution in [3.63, 3.8) is 0 Å². The van der Waals surface area contributed by atoms with Crippen molar-refractivity contribution in [2.24, 2.45) is 11.7 Å². The topological polar surface area (TPSA) is 35.2 Å². The highest BCUT2D eigenvalue weighted by Gasteiger charge is 2.07. The van der Waals surface area contributed by atoms with E-state index in [0.717, 1.165) is 32.1 Å². The zero-order valence-corrected chi connectivity index (χ0v) is 12.0. The van der Waals surface area contributed by atoms with Gasteiger partial charge in [-0.15, -0.1) is 0 Å². The maximum Gasteiger partial charge on any atom is 0.0478 e. The molecular formula is C15H33NO. The molecule has 0 aliphatic heterocycles. The first kappa shape index (κ1) is 16.9.